The van der Waals surface area contributed by atoms with Crippen LogP contribution < -0.4 is 5.73 Å². The van der Waals surface area contributed by atoms with E-state index in [0.29, 0.717) is 19.0 Å². The molecular weight excluding hydrogens is 288 g/mol. The van der Waals surface area contributed by atoms with Gasteiger partial charge in [-0.25, -0.2) is 0 Å². The van der Waals surface area contributed by atoms with E-state index in [1.165, 1.54) is 0 Å². The first-order chi connectivity index (χ1) is 9.69. The van der Waals surface area contributed by atoms with Crippen molar-refractivity contribution < 1.29 is 4.79 Å². The molecule has 0 spiro atoms. The highest BCUT2D eigenvalue weighted by atomic mass is 35.5. The van der Waals surface area contributed by atoms with Crippen molar-refractivity contribution in [2.45, 2.75) is 25.9 Å². The Morgan fingerprint density at radius 1 is 1.43 bits per heavy atom. The summed E-state index contributed by atoms with van der Waals surface area (Å²) in [5.74, 6) is 0.561. The van der Waals surface area contributed by atoms with E-state index in [9.17, 15) is 4.79 Å². The van der Waals surface area contributed by atoms with Gasteiger partial charge in [-0.1, -0.05) is 18.2 Å². The van der Waals surface area contributed by atoms with Crippen LogP contribution >= 0.6 is 12.4 Å². The third kappa shape index (κ3) is 3.04. The van der Waals surface area contributed by atoms with Crippen LogP contribution in [0.1, 0.15) is 13.3 Å². The number of amides is 1. The summed E-state index contributed by atoms with van der Waals surface area (Å²) in [6.07, 6.45) is 2.81. The van der Waals surface area contributed by atoms with E-state index in [4.69, 9.17) is 5.73 Å². The molecule has 0 bridgehead atoms. The van der Waals surface area contributed by atoms with Crippen molar-refractivity contribution in [1.29, 1.82) is 0 Å². The number of rotatable bonds is 3. The summed E-state index contributed by atoms with van der Waals surface area (Å²) in [7, 11) is 0. The first-order valence-corrected chi connectivity index (χ1v) is 7.09. The molecule has 21 heavy (non-hydrogen) atoms. The number of nitrogens with zero attached hydrogens (tertiary/aromatic N) is 3. The Morgan fingerprint density at radius 2 is 2.19 bits per heavy atom. The van der Waals surface area contributed by atoms with Crippen LogP contribution in [0.5, 0.6) is 0 Å². The van der Waals surface area contributed by atoms with Crippen LogP contribution in [0.25, 0.3) is 10.9 Å². The van der Waals surface area contributed by atoms with Gasteiger partial charge in [-0.15, -0.1) is 12.4 Å². The van der Waals surface area contributed by atoms with Crippen molar-refractivity contribution in [3.05, 3.63) is 30.5 Å². The molecule has 1 aromatic heterocycles. The van der Waals surface area contributed by atoms with Gasteiger partial charge in [-0.3, -0.25) is 9.48 Å². The van der Waals surface area contributed by atoms with Crippen molar-refractivity contribution in [3.63, 3.8) is 0 Å². The lowest BCUT2D eigenvalue weighted by atomic mass is 10.1. The zero-order valence-corrected chi connectivity index (χ0v) is 12.9. The molecule has 1 saturated heterocycles. The van der Waals surface area contributed by atoms with Crippen LogP contribution in [0.15, 0.2) is 30.5 Å². The molecule has 1 aliphatic rings. The van der Waals surface area contributed by atoms with Gasteiger partial charge in [0.05, 0.1) is 11.7 Å². The lowest BCUT2D eigenvalue weighted by Crippen LogP contribution is -2.37. The van der Waals surface area contributed by atoms with E-state index >= 15 is 0 Å². The van der Waals surface area contributed by atoms with Gasteiger partial charge < -0.3 is 10.6 Å². The van der Waals surface area contributed by atoms with Crippen molar-refractivity contribution in [3.8, 4) is 0 Å². The quantitative estimate of drug-likeness (QED) is 0.938. The first kappa shape index (κ1) is 15.8. The van der Waals surface area contributed by atoms with Gasteiger partial charge in [0, 0.05) is 18.0 Å². The number of hydrogen-bond acceptors (Lipinski definition) is 3. The molecule has 5 nitrogen and oxygen atoms in total. The molecule has 2 heterocycles. The zero-order valence-electron chi connectivity index (χ0n) is 12.1. The van der Waals surface area contributed by atoms with Gasteiger partial charge in [-0.2, -0.15) is 5.10 Å². The van der Waals surface area contributed by atoms with Crippen LogP contribution in [0.4, 0.5) is 0 Å². The van der Waals surface area contributed by atoms with E-state index in [-0.39, 0.29) is 24.4 Å². The number of nitrogens with two attached hydrogens (primary N) is 1. The maximum Gasteiger partial charge on any atom is 0.244 e. The largest absolute Gasteiger partial charge is 0.338 e. The number of fused-ring (bicyclic) bond motifs is 1. The van der Waals surface area contributed by atoms with Crippen LogP contribution in [0, 0.1) is 5.92 Å². The maximum absolute atomic E-state index is 12.5. The second-order valence-corrected chi connectivity index (χ2v) is 5.59. The highest BCUT2D eigenvalue weighted by Gasteiger charge is 2.31. The van der Waals surface area contributed by atoms with E-state index in [1.807, 2.05) is 29.2 Å². The first-order valence-electron chi connectivity index (χ1n) is 7.09. The van der Waals surface area contributed by atoms with E-state index < -0.39 is 0 Å². The Labute approximate surface area is 130 Å². The summed E-state index contributed by atoms with van der Waals surface area (Å²) >= 11 is 0. The fraction of sp³-hybridized carbons (Fsp3) is 0.467. The summed E-state index contributed by atoms with van der Waals surface area (Å²) < 4.78 is 1.78. The number of likely N-dealkylation sites (tertiary alicyclic amines) is 1. The zero-order chi connectivity index (χ0) is 14.1. The minimum Gasteiger partial charge on any atom is -0.338 e. The van der Waals surface area contributed by atoms with Crippen LogP contribution in [-0.4, -0.2) is 39.7 Å². The summed E-state index contributed by atoms with van der Waals surface area (Å²) in [5, 5.41) is 5.38. The Hall–Kier alpha value is -1.59. The van der Waals surface area contributed by atoms with Crippen molar-refractivity contribution in [2.24, 2.45) is 11.7 Å². The molecule has 1 aromatic carbocycles. The molecule has 2 aromatic rings. The molecule has 1 amide bonds. The molecule has 6 heteroatoms. The second-order valence-electron chi connectivity index (χ2n) is 5.59. The molecule has 0 saturated carbocycles. The minimum absolute atomic E-state index is 0. The number of carbonyl (C=O) groups is 1. The molecule has 2 N–H and O–H groups in total. The molecule has 3 rings (SSSR count). The predicted molar refractivity (Wildman–Crippen MR) is 85.3 cm³/mol. The highest BCUT2D eigenvalue weighted by Crippen LogP contribution is 2.22. The molecule has 0 radical (unpaired) electrons. The smallest absolute Gasteiger partial charge is 0.244 e. The fourth-order valence-corrected chi connectivity index (χ4v) is 3.03. The molecule has 0 aliphatic carbocycles. The summed E-state index contributed by atoms with van der Waals surface area (Å²) in [6.45, 7) is 3.82. The molecule has 114 valence electrons. The Morgan fingerprint density at radius 3 is 2.90 bits per heavy atom. The Bertz CT molecular complexity index is 627. The molecule has 1 aliphatic heterocycles. The Kier molecular flexibility index (Phi) is 4.85. The van der Waals surface area contributed by atoms with Crippen LogP contribution in [0.3, 0.4) is 0 Å². The number of para-hydroxylation sites is 1. The summed E-state index contributed by atoms with van der Waals surface area (Å²) in [5.41, 5.74) is 6.72. The molecule has 2 atom stereocenters. The Balaban J connectivity index is 0.00000161. The number of benzene rings is 1. The third-order valence-electron chi connectivity index (χ3n) is 4.15. The van der Waals surface area contributed by atoms with Gasteiger partial charge in [0.1, 0.15) is 6.54 Å². The standard InChI is InChI=1S/C15H20N4O.ClH/c1-11-6-12(7-16)9-18(11)15(20)10-19-14-5-3-2-4-13(14)8-17-19;/h2-5,8,11-12H,6-7,9-10,16H2,1H3;1H. The summed E-state index contributed by atoms with van der Waals surface area (Å²) in [4.78, 5) is 14.4. The predicted octanol–water partition coefficient (Wildman–Crippen LogP) is 1.65. The highest BCUT2D eigenvalue weighted by molar-refractivity contribution is 5.85. The number of carbonyl (C=O) groups excluding carboxylic acids is 1. The summed E-state index contributed by atoms with van der Waals surface area (Å²) in [6, 6.07) is 8.22. The van der Waals surface area contributed by atoms with Crippen molar-refractivity contribution in [2.75, 3.05) is 13.1 Å². The fourth-order valence-electron chi connectivity index (χ4n) is 3.03. The SMILES string of the molecule is CC1CC(CN)CN1C(=O)Cn1ncc2ccccc21.Cl. The number of aromatic nitrogens is 2. The van der Waals surface area contributed by atoms with E-state index in [2.05, 4.69) is 12.0 Å². The minimum atomic E-state index is 0. The van der Waals surface area contributed by atoms with Gasteiger partial charge in [-0.05, 0) is 31.9 Å². The average Bonchev–Trinajstić information content (AvgIpc) is 3.03. The van der Waals surface area contributed by atoms with Crippen molar-refractivity contribution in [1.82, 2.24) is 14.7 Å². The van der Waals surface area contributed by atoms with Gasteiger partial charge in [0.15, 0.2) is 0 Å². The van der Waals surface area contributed by atoms with Crippen LogP contribution in [-0.2, 0) is 11.3 Å². The number of hydrogen-bond donors (Lipinski definition) is 1. The number of halogens is 1. The monoisotopic (exact) mass is 308 g/mol. The van der Waals surface area contributed by atoms with Gasteiger partial charge in [0.2, 0.25) is 5.91 Å². The molecule has 1 fully saturated rings. The van der Waals surface area contributed by atoms with Crippen molar-refractivity contribution >= 4 is 29.2 Å². The van der Waals surface area contributed by atoms with E-state index in [0.717, 1.165) is 23.9 Å². The third-order valence-corrected chi connectivity index (χ3v) is 4.15. The van der Waals surface area contributed by atoms with Gasteiger partial charge in [0.25, 0.3) is 0 Å². The lowest BCUT2D eigenvalue weighted by Gasteiger charge is -2.21. The lowest BCUT2D eigenvalue weighted by molar-refractivity contribution is -0.132. The second kappa shape index (κ2) is 6.45. The average molecular weight is 309 g/mol. The maximum atomic E-state index is 12.5. The topological polar surface area (TPSA) is 64.2 Å². The van der Waals surface area contributed by atoms with Crippen LogP contribution in [0.2, 0.25) is 0 Å². The normalized spacial score (nSPS) is 21.5. The van der Waals surface area contributed by atoms with E-state index in [1.54, 1.807) is 10.9 Å². The van der Waals surface area contributed by atoms with Gasteiger partial charge >= 0.3 is 0 Å². The molecular formula is C15H21ClN4O. The molecule has 2 unspecified atom stereocenters.